The molecular formula is C18H23N3O2S. The molecule has 0 bridgehead atoms. The average Bonchev–Trinajstić information content (AvgIpc) is 3.23. The Morgan fingerprint density at radius 3 is 2.75 bits per heavy atom. The van der Waals surface area contributed by atoms with Gasteiger partial charge in [-0.15, -0.1) is 11.3 Å². The molecule has 3 rings (SSSR count). The third-order valence-electron chi connectivity index (χ3n) is 4.23. The van der Waals surface area contributed by atoms with Crippen molar-refractivity contribution in [2.24, 2.45) is 0 Å². The van der Waals surface area contributed by atoms with Crippen LogP contribution in [-0.2, 0) is 11.3 Å². The van der Waals surface area contributed by atoms with Gasteiger partial charge in [0, 0.05) is 17.5 Å². The van der Waals surface area contributed by atoms with E-state index in [0.717, 1.165) is 12.3 Å². The van der Waals surface area contributed by atoms with E-state index in [2.05, 4.69) is 23.8 Å². The number of amides is 1. The van der Waals surface area contributed by atoms with Crippen molar-refractivity contribution in [2.75, 3.05) is 13.2 Å². The molecule has 2 unspecified atom stereocenters. The molecule has 1 aliphatic heterocycles. The van der Waals surface area contributed by atoms with E-state index in [-0.39, 0.29) is 24.6 Å². The van der Waals surface area contributed by atoms with E-state index in [4.69, 9.17) is 4.74 Å². The predicted octanol–water partition coefficient (Wildman–Crippen LogP) is 2.33. The van der Waals surface area contributed by atoms with Crippen molar-refractivity contribution in [2.45, 2.75) is 32.5 Å². The van der Waals surface area contributed by atoms with Gasteiger partial charge in [0.1, 0.15) is 5.75 Å². The van der Waals surface area contributed by atoms with Gasteiger partial charge < -0.3 is 9.64 Å². The fourth-order valence-electron chi connectivity index (χ4n) is 2.80. The maximum atomic E-state index is 12.8. The van der Waals surface area contributed by atoms with E-state index in [9.17, 15) is 4.79 Å². The second-order valence-corrected chi connectivity index (χ2v) is 7.12. The fraction of sp³-hybridized carbons (Fsp3) is 0.389. The highest BCUT2D eigenvalue weighted by Crippen LogP contribution is 2.18. The molecule has 128 valence electrons. The maximum Gasteiger partial charge on any atom is 0.261 e. The van der Waals surface area contributed by atoms with Gasteiger partial charge in [-0.2, -0.15) is 0 Å². The standard InChI is InChI=1S/C18H23N3O2S/c1-13-5-7-15(8-6-13)23-12-18(22)21(11-16-4-3-9-24-16)17-10-19-20-14(17)2/h3-9,14,17,19-20H,10-12H2,1-2H3. The number of carbonyl (C=O) groups is 1. The summed E-state index contributed by atoms with van der Waals surface area (Å²) in [6, 6.07) is 12.1. The molecule has 0 saturated carbocycles. The van der Waals surface area contributed by atoms with Gasteiger partial charge in [-0.05, 0) is 37.4 Å². The number of benzene rings is 1. The predicted molar refractivity (Wildman–Crippen MR) is 95.9 cm³/mol. The summed E-state index contributed by atoms with van der Waals surface area (Å²) in [4.78, 5) is 15.9. The Bertz CT molecular complexity index is 657. The van der Waals surface area contributed by atoms with Crippen LogP contribution in [0.3, 0.4) is 0 Å². The molecule has 1 fully saturated rings. The first kappa shape index (κ1) is 17.0. The number of hydrogen-bond acceptors (Lipinski definition) is 5. The van der Waals surface area contributed by atoms with Gasteiger partial charge in [-0.25, -0.2) is 0 Å². The number of aryl methyl sites for hydroxylation is 1. The van der Waals surface area contributed by atoms with Crippen molar-refractivity contribution in [1.82, 2.24) is 15.8 Å². The Kier molecular flexibility index (Phi) is 5.50. The van der Waals surface area contributed by atoms with E-state index in [1.54, 1.807) is 11.3 Å². The van der Waals surface area contributed by atoms with Crippen LogP contribution in [0.1, 0.15) is 17.4 Å². The molecule has 1 aromatic carbocycles. The minimum Gasteiger partial charge on any atom is -0.484 e. The second-order valence-electron chi connectivity index (χ2n) is 6.08. The minimum atomic E-state index is 0.00586. The molecule has 0 aliphatic carbocycles. The molecule has 2 atom stereocenters. The number of carbonyl (C=O) groups excluding carboxylic acids is 1. The summed E-state index contributed by atoms with van der Waals surface area (Å²) in [7, 11) is 0. The zero-order valence-corrected chi connectivity index (χ0v) is 14.8. The van der Waals surface area contributed by atoms with E-state index < -0.39 is 0 Å². The molecule has 1 aliphatic rings. The summed E-state index contributed by atoms with van der Waals surface area (Å²) in [5, 5.41) is 2.04. The summed E-state index contributed by atoms with van der Waals surface area (Å²) < 4.78 is 5.69. The molecule has 2 aromatic rings. The molecular weight excluding hydrogens is 322 g/mol. The summed E-state index contributed by atoms with van der Waals surface area (Å²) in [5.41, 5.74) is 7.49. The third-order valence-corrected chi connectivity index (χ3v) is 5.09. The van der Waals surface area contributed by atoms with Crippen LogP contribution in [0.2, 0.25) is 0 Å². The zero-order valence-electron chi connectivity index (χ0n) is 14.0. The molecule has 0 radical (unpaired) electrons. The van der Waals surface area contributed by atoms with Gasteiger partial charge in [-0.1, -0.05) is 23.8 Å². The molecule has 24 heavy (non-hydrogen) atoms. The number of hydrazine groups is 1. The van der Waals surface area contributed by atoms with E-state index in [0.29, 0.717) is 6.54 Å². The van der Waals surface area contributed by atoms with Crippen molar-refractivity contribution >= 4 is 17.2 Å². The van der Waals surface area contributed by atoms with Crippen LogP contribution in [0, 0.1) is 6.92 Å². The largest absolute Gasteiger partial charge is 0.484 e. The maximum absolute atomic E-state index is 12.8. The van der Waals surface area contributed by atoms with E-state index in [1.165, 1.54) is 10.4 Å². The lowest BCUT2D eigenvalue weighted by molar-refractivity contribution is -0.136. The lowest BCUT2D eigenvalue weighted by atomic mass is 10.1. The van der Waals surface area contributed by atoms with Crippen LogP contribution < -0.4 is 15.6 Å². The van der Waals surface area contributed by atoms with Crippen LogP contribution >= 0.6 is 11.3 Å². The van der Waals surface area contributed by atoms with Crippen molar-refractivity contribution < 1.29 is 9.53 Å². The Balaban J connectivity index is 1.67. The van der Waals surface area contributed by atoms with Crippen LogP contribution in [0.15, 0.2) is 41.8 Å². The van der Waals surface area contributed by atoms with Gasteiger partial charge in [0.15, 0.2) is 6.61 Å². The third kappa shape index (κ3) is 4.14. The summed E-state index contributed by atoms with van der Waals surface area (Å²) >= 11 is 1.67. The lowest BCUT2D eigenvalue weighted by Crippen LogP contribution is -2.48. The Labute approximate surface area is 146 Å². The number of hydrogen-bond donors (Lipinski definition) is 2. The highest BCUT2D eigenvalue weighted by atomic mass is 32.1. The number of ether oxygens (including phenoxy) is 1. The van der Waals surface area contributed by atoms with E-state index >= 15 is 0 Å². The van der Waals surface area contributed by atoms with Gasteiger partial charge in [0.2, 0.25) is 0 Å². The van der Waals surface area contributed by atoms with Crippen LogP contribution in [0.4, 0.5) is 0 Å². The molecule has 2 heterocycles. The highest BCUT2D eigenvalue weighted by molar-refractivity contribution is 7.09. The number of rotatable bonds is 6. The molecule has 1 aromatic heterocycles. The molecule has 6 heteroatoms. The van der Waals surface area contributed by atoms with Gasteiger partial charge in [0.25, 0.3) is 5.91 Å². The minimum absolute atomic E-state index is 0.00586. The van der Waals surface area contributed by atoms with Crippen molar-refractivity contribution in [3.8, 4) is 5.75 Å². The molecule has 1 amide bonds. The summed E-state index contributed by atoms with van der Waals surface area (Å²) in [5.74, 6) is 0.729. The quantitative estimate of drug-likeness (QED) is 0.844. The van der Waals surface area contributed by atoms with Crippen molar-refractivity contribution in [1.29, 1.82) is 0 Å². The number of nitrogens with one attached hydrogen (secondary N) is 2. The topological polar surface area (TPSA) is 53.6 Å². The molecule has 1 saturated heterocycles. The first-order valence-corrected chi connectivity index (χ1v) is 9.01. The Morgan fingerprint density at radius 2 is 2.12 bits per heavy atom. The lowest BCUT2D eigenvalue weighted by Gasteiger charge is -2.30. The SMILES string of the molecule is Cc1ccc(OCC(=O)N(Cc2cccs2)C2CNNC2C)cc1. The van der Waals surface area contributed by atoms with E-state index in [1.807, 2.05) is 47.5 Å². The molecule has 5 nitrogen and oxygen atoms in total. The Morgan fingerprint density at radius 1 is 1.33 bits per heavy atom. The Hall–Kier alpha value is -1.89. The summed E-state index contributed by atoms with van der Waals surface area (Å²) in [6.45, 7) is 5.52. The fourth-order valence-corrected chi connectivity index (χ4v) is 3.50. The van der Waals surface area contributed by atoms with Crippen LogP contribution in [0.25, 0.3) is 0 Å². The van der Waals surface area contributed by atoms with Gasteiger partial charge in [-0.3, -0.25) is 15.6 Å². The number of thiophene rings is 1. The first-order valence-electron chi connectivity index (χ1n) is 8.13. The molecule has 0 spiro atoms. The number of nitrogens with zero attached hydrogens (tertiary/aromatic N) is 1. The monoisotopic (exact) mass is 345 g/mol. The van der Waals surface area contributed by atoms with Crippen molar-refractivity contribution in [3.05, 3.63) is 52.2 Å². The normalized spacial score (nSPS) is 20.1. The summed E-state index contributed by atoms with van der Waals surface area (Å²) in [6.07, 6.45) is 0. The van der Waals surface area contributed by atoms with Gasteiger partial charge >= 0.3 is 0 Å². The molecule has 2 N–H and O–H groups in total. The van der Waals surface area contributed by atoms with Crippen LogP contribution in [-0.4, -0.2) is 36.0 Å². The smallest absolute Gasteiger partial charge is 0.261 e. The average molecular weight is 345 g/mol. The highest BCUT2D eigenvalue weighted by Gasteiger charge is 2.32. The van der Waals surface area contributed by atoms with Gasteiger partial charge in [0.05, 0.1) is 12.6 Å². The van der Waals surface area contributed by atoms with Crippen LogP contribution in [0.5, 0.6) is 5.75 Å². The second kappa shape index (κ2) is 7.79. The van der Waals surface area contributed by atoms with Crippen molar-refractivity contribution in [3.63, 3.8) is 0 Å². The zero-order chi connectivity index (χ0) is 16.9. The first-order chi connectivity index (χ1) is 11.6.